The van der Waals surface area contributed by atoms with E-state index in [1.54, 1.807) is 7.11 Å². The van der Waals surface area contributed by atoms with Crippen LogP contribution in [0.15, 0.2) is 90.5 Å². The number of methoxy groups -OCH3 is 1. The molecule has 0 unspecified atom stereocenters. The number of nitrogens with zero attached hydrogens (tertiary/aromatic N) is 2. The first-order valence-electron chi connectivity index (χ1n) is 10.0. The number of nitriles is 1. The Morgan fingerprint density at radius 3 is 2.13 bits per heavy atom. The van der Waals surface area contributed by atoms with Crippen LogP contribution in [0.2, 0.25) is 0 Å². The second-order valence-electron chi connectivity index (χ2n) is 7.32. The van der Waals surface area contributed by atoms with E-state index in [2.05, 4.69) is 21.6 Å². The predicted octanol–water partition coefficient (Wildman–Crippen LogP) is 5.58. The highest BCUT2D eigenvalue weighted by atomic mass is 16.5. The Bertz CT molecular complexity index is 1280. The summed E-state index contributed by atoms with van der Waals surface area (Å²) in [6, 6.07) is 30.3. The largest absolute Gasteiger partial charge is 0.497 e. The Morgan fingerprint density at radius 2 is 1.52 bits per heavy atom. The van der Waals surface area contributed by atoms with Gasteiger partial charge in [-0.3, -0.25) is 5.10 Å². The molecule has 0 amide bonds. The van der Waals surface area contributed by atoms with Crippen molar-refractivity contribution in [3.8, 4) is 23.1 Å². The molecule has 0 aliphatic carbocycles. The molecule has 0 spiro atoms. The van der Waals surface area contributed by atoms with Crippen LogP contribution in [0.4, 0.5) is 5.82 Å². The molecule has 0 saturated heterocycles. The van der Waals surface area contributed by atoms with E-state index in [4.69, 9.17) is 4.74 Å². The summed E-state index contributed by atoms with van der Waals surface area (Å²) in [6.45, 7) is 0. The lowest BCUT2D eigenvalue weighted by Crippen LogP contribution is -2.17. The third-order valence-electron chi connectivity index (χ3n) is 5.59. The number of hydrogen-bond donors (Lipinski definition) is 2. The van der Waals surface area contributed by atoms with Gasteiger partial charge in [0.15, 0.2) is 5.82 Å². The third kappa shape index (κ3) is 3.24. The lowest BCUT2D eigenvalue weighted by Gasteiger charge is -2.27. The van der Waals surface area contributed by atoms with Crippen LogP contribution >= 0.6 is 0 Å². The number of allylic oxidation sites excluding steroid dienone is 1. The molecule has 0 radical (unpaired) electrons. The first kappa shape index (κ1) is 18.7. The smallest absolute Gasteiger partial charge is 0.157 e. The molecule has 5 nitrogen and oxygen atoms in total. The van der Waals surface area contributed by atoms with Crippen molar-refractivity contribution in [1.82, 2.24) is 10.2 Å². The van der Waals surface area contributed by atoms with E-state index >= 15 is 0 Å². The Kier molecular flexibility index (Phi) is 4.74. The molecule has 1 atom stereocenters. The monoisotopic (exact) mass is 404 g/mol. The summed E-state index contributed by atoms with van der Waals surface area (Å²) in [5, 5.41) is 21.5. The van der Waals surface area contributed by atoms with E-state index in [0.29, 0.717) is 5.57 Å². The number of H-pyrrole nitrogens is 1. The van der Waals surface area contributed by atoms with E-state index in [-0.39, 0.29) is 5.92 Å². The lowest BCUT2D eigenvalue weighted by molar-refractivity contribution is 0.414. The van der Waals surface area contributed by atoms with Gasteiger partial charge in [0.2, 0.25) is 0 Å². The first-order valence-corrected chi connectivity index (χ1v) is 10.0. The normalized spacial score (nSPS) is 15.0. The average Bonchev–Trinajstić information content (AvgIpc) is 3.28. The van der Waals surface area contributed by atoms with Crippen molar-refractivity contribution in [2.45, 2.75) is 5.92 Å². The van der Waals surface area contributed by atoms with Gasteiger partial charge in [-0.25, -0.2) is 0 Å². The number of ether oxygens (including phenoxy) is 1. The van der Waals surface area contributed by atoms with Crippen LogP contribution < -0.4 is 10.1 Å². The van der Waals surface area contributed by atoms with Crippen molar-refractivity contribution in [2.75, 3.05) is 12.4 Å². The topological polar surface area (TPSA) is 73.7 Å². The standard InChI is InChI=1S/C26H20N4O/c1-31-20-14-12-17(13-15-20)22-21(16-27)24(18-8-4-2-5-9-18)28-26-23(22)25(29-30-26)19-10-6-3-7-11-19/h2-15,22H,1H3,(H2,28,29,30)/t22-/m1/s1. The van der Waals surface area contributed by atoms with Crippen molar-refractivity contribution in [3.63, 3.8) is 0 Å². The fourth-order valence-corrected chi connectivity index (χ4v) is 4.11. The van der Waals surface area contributed by atoms with Gasteiger partial charge in [-0.2, -0.15) is 10.4 Å². The summed E-state index contributed by atoms with van der Waals surface area (Å²) < 4.78 is 5.34. The zero-order valence-electron chi connectivity index (χ0n) is 17.0. The van der Waals surface area contributed by atoms with Gasteiger partial charge in [0, 0.05) is 5.56 Å². The van der Waals surface area contributed by atoms with Crippen molar-refractivity contribution in [3.05, 3.63) is 107 Å². The number of anilines is 1. The maximum atomic E-state index is 10.3. The van der Waals surface area contributed by atoms with Crippen LogP contribution in [0.3, 0.4) is 0 Å². The molecular formula is C26H20N4O. The molecule has 1 aliphatic heterocycles. The summed E-state index contributed by atoms with van der Waals surface area (Å²) in [4.78, 5) is 0. The van der Waals surface area contributed by atoms with Crippen molar-refractivity contribution >= 4 is 11.5 Å². The Morgan fingerprint density at radius 1 is 0.871 bits per heavy atom. The van der Waals surface area contributed by atoms with Crippen LogP contribution in [0.25, 0.3) is 17.0 Å². The van der Waals surface area contributed by atoms with Crippen LogP contribution in [-0.2, 0) is 0 Å². The van der Waals surface area contributed by atoms with Crippen molar-refractivity contribution in [2.24, 2.45) is 0 Å². The molecule has 31 heavy (non-hydrogen) atoms. The number of benzene rings is 3. The van der Waals surface area contributed by atoms with E-state index in [0.717, 1.165) is 45.2 Å². The van der Waals surface area contributed by atoms with E-state index in [9.17, 15) is 5.26 Å². The molecule has 0 bridgehead atoms. The highest BCUT2D eigenvalue weighted by Crippen LogP contribution is 2.47. The molecule has 0 fully saturated rings. The lowest BCUT2D eigenvalue weighted by atomic mass is 9.80. The Hall–Kier alpha value is -4.30. The van der Waals surface area contributed by atoms with Gasteiger partial charge in [-0.1, -0.05) is 72.8 Å². The molecule has 5 rings (SSSR count). The van der Waals surface area contributed by atoms with Crippen molar-refractivity contribution in [1.29, 1.82) is 5.26 Å². The second kappa shape index (κ2) is 7.85. The summed E-state index contributed by atoms with van der Waals surface area (Å²) in [6.07, 6.45) is 0. The molecule has 1 aliphatic rings. The van der Waals surface area contributed by atoms with E-state index in [1.165, 1.54) is 0 Å². The second-order valence-corrected chi connectivity index (χ2v) is 7.32. The molecule has 4 aromatic rings. The SMILES string of the molecule is COc1ccc([C@@H]2C(C#N)=C(c3ccccc3)Nc3n[nH]c(-c4ccccc4)c32)cc1. The molecule has 1 aromatic heterocycles. The molecule has 0 saturated carbocycles. The first-order chi connectivity index (χ1) is 15.3. The average molecular weight is 404 g/mol. The number of hydrogen-bond acceptors (Lipinski definition) is 4. The van der Waals surface area contributed by atoms with Gasteiger partial charge < -0.3 is 10.1 Å². The predicted molar refractivity (Wildman–Crippen MR) is 121 cm³/mol. The van der Waals surface area contributed by atoms with Crippen LogP contribution in [0.5, 0.6) is 5.75 Å². The molecule has 2 N–H and O–H groups in total. The Balaban J connectivity index is 1.75. The number of nitrogens with one attached hydrogen (secondary N) is 2. The quantitative estimate of drug-likeness (QED) is 0.466. The number of fused-ring (bicyclic) bond motifs is 1. The fourth-order valence-electron chi connectivity index (χ4n) is 4.11. The zero-order chi connectivity index (χ0) is 21.2. The van der Waals surface area contributed by atoms with Crippen LogP contribution in [0, 0.1) is 11.3 Å². The minimum absolute atomic E-state index is 0.267. The summed E-state index contributed by atoms with van der Waals surface area (Å²) >= 11 is 0. The summed E-state index contributed by atoms with van der Waals surface area (Å²) in [5.41, 5.74) is 6.29. The zero-order valence-corrected chi connectivity index (χ0v) is 17.0. The van der Waals surface area contributed by atoms with E-state index in [1.807, 2.05) is 84.9 Å². The molecule has 150 valence electrons. The van der Waals surface area contributed by atoms with Crippen LogP contribution in [0.1, 0.15) is 22.6 Å². The minimum atomic E-state index is -0.267. The number of rotatable bonds is 4. The highest BCUT2D eigenvalue weighted by molar-refractivity contribution is 5.89. The minimum Gasteiger partial charge on any atom is -0.497 e. The number of aromatic nitrogens is 2. The Labute approximate surface area is 180 Å². The van der Waals surface area contributed by atoms with Crippen LogP contribution in [-0.4, -0.2) is 17.3 Å². The summed E-state index contributed by atoms with van der Waals surface area (Å²) in [7, 11) is 1.65. The molecule has 3 aromatic carbocycles. The van der Waals surface area contributed by atoms with Crippen molar-refractivity contribution < 1.29 is 4.74 Å². The maximum absolute atomic E-state index is 10.3. The number of aromatic amines is 1. The molecular weight excluding hydrogens is 384 g/mol. The molecule has 2 heterocycles. The van der Waals surface area contributed by atoms with Gasteiger partial charge in [-0.05, 0) is 28.8 Å². The maximum Gasteiger partial charge on any atom is 0.157 e. The van der Waals surface area contributed by atoms with Gasteiger partial charge in [0.1, 0.15) is 5.75 Å². The van der Waals surface area contributed by atoms with Gasteiger partial charge >= 0.3 is 0 Å². The molecule has 5 heteroatoms. The summed E-state index contributed by atoms with van der Waals surface area (Å²) in [5.74, 6) is 1.24. The fraction of sp³-hybridized carbons (Fsp3) is 0.0769. The highest BCUT2D eigenvalue weighted by Gasteiger charge is 2.34. The van der Waals surface area contributed by atoms with Gasteiger partial charge in [-0.15, -0.1) is 0 Å². The van der Waals surface area contributed by atoms with Gasteiger partial charge in [0.05, 0.1) is 36.1 Å². The van der Waals surface area contributed by atoms with Gasteiger partial charge in [0.25, 0.3) is 0 Å². The third-order valence-corrected chi connectivity index (χ3v) is 5.59. The van der Waals surface area contributed by atoms with E-state index < -0.39 is 0 Å².